The van der Waals surface area contributed by atoms with E-state index in [0.717, 1.165) is 52.3 Å². The Morgan fingerprint density at radius 3 is 1.94 bits per heavy atom. The molecular formula is C68H52N4. The Labute approximate surface area is 421 Å². The minimum absolute atomic E-state index is 0.149. The van der Waals surface area contributed by atoms with Gasteiger partial charge in [-0.2, -0.15) is 0 Å². The number of aromatic nitrogens is 1. The summed E-state index contributed by atoms with van der Waals surface area (Å²) in [6.45, 7) is 0.678. The second kappa shape index (κ2) is 18.4. The number of hydrogen-bond donors (Lipinski definition) is 2. The Hall–Kier alpha value is -8.96. The molecule has 1 unspecified atom stereocenters. The number of fused-ring (bicyclic) bond motifs is 10. The molecular weight excluding hydrogens is 873 g/mol. The van der Waals surface area contributed by atoms with Gasteiger partial charge < -0.3 is 20.5 Å². The van der Waals surface area contributed by atoms with Crippen LogP contribution in [-0.4, -0.2) is 10.6 Å². The van der Waals surface area contributed by atoms with Gasteiger partial charge in [-0.15, -0.1) is 0 Å². The highest BCUT2D eigenvalue weighted by atomic mass is 15.2. The van der Waals surface area contributed by atoms with E-state index in [1.807, 2.05) is 0 Å². The molecule has 344 valence electrons. The average molecular weight is 925 g/mol. The summed E-state index contributed by atoms with van der Waals surface area (Å²) in [6.07, 6.45) is 10.7. The number of anilines is 3. The van der Waals surface area contributed by atoms with Gasteiger partial charge in [0, 0.05) is 51.4 Å². The fourth-order valence-electron chi connectivity index (χ4n) is 11.2. The number of rotatable bonds is 10. The van der Waals surface area contributed by atoms with Crippen molar-refractivity contribution in [3.8, 4) is 50.3 Å². The molecule has 0 spiro atoms. The first-order valence-corrected chi connectivity index (χ1v) is 25.1. The summed E-state index contributed by atoms with van der Waals surface area (Å²) in [5.41, 5.74) is 26.6. The maximum Gasteiger partial charge on any atom is 0.0641 e. The molecule has 4 nitrogen and oxygen atoms in total. The maximum absolute atomic E-state index is 6.76. The molecule has 0 saturated heterocycles. The molecule has 10 aromatic carbocycles. The van der Waals surface area contributed by atoms with Crippen LogP contribution in [0.2, 0.25) is 0 Å². The number of nitrogens with one attached hydrogen (secondary N) is 1. The van der Waals surface area contributed by atoms with Crippen LogP contribution in [0.4, 0.5) is 17.1 Å². The summed E-state index contributed by atoms with van der Waals surface area (Å²) in [4.78, 5) is 2.47. The van der Waals surface area contributed by atoms with Crippen molar-refractivity contribution in [3.05, 3.63) is 272 Å². The molecule has 1 aliphatic carbocycles. The van der Waals surface area contributed by atoms with Crippen molar-refractivity contribution in [2.24, 2.45) is 5.73 Å². The Bertz CT molecular complexity index is 3950. The third kappa shape index (κ3) is 7.70. The van der Waals surface area contributed by atoms with E-state index in [4.69, 9.17) is 5.73 Å². The largest absolute Gasteiger partial charge is 0.381 e. The normalized spacial score (nSPS) is 13.6. The minimum Gasteiger partial charge on any atom is -0.381 e. The molecule has 0 radical (unpaired) electrons. The molecule has 13 rings (SSSR count). The second-order valence-corrected chi connectivity index (χ2v) is 19.0. The van der Waals surface area contributed by atoms with Gasteiger partial charge in [-0.25, -0.2) is 0 Å². The highest BCUT2D eigenvalue weighted by Gasteiger charge is 2.32. The van der Waals surface area contributed by atoms with Crippen LogP contribution in [0.25, 0.3) is 88.5 Å². The second-order valence-electron chi connectivity index (χ2n) is 19.0. The fraction of sp³-hybridized carbons (Fsp3) is 0.0588. The first kappa shape index (κ1) is 43.1. The lowest BCUT2D eigenvalue weighted by molar-refractivity contribution is 0.821. The van der Waals surface area contributed by atoms with Crippen LogP contribution in [0, 0.1) is 0 Å². The first-order valence-electron chi connectivity index (χ1n) is 25.1. The van der Waals surface area contributed by atoms with Crippen molar-refractivity contribution in [2.75, 3.05) is 4.90 Å². The summed E-state index contributed by atoms with van der Waals surface area (Å²) in [5.74, 6) is 0. The zero-order chi connectivity index (χ0) is 48.0. The van der Waals surface area contributed by atoms with Crippen LogP contribution in [0.5, 0.6) is 0 Å². The van der Waals surface area contributed by atoms with Crippen LogP contribution in [0.1, 0.15) is 24.0 Å². The lowest BCUT2D eigenvalue weighted by Crippen LogP contribution is -2.23. The monoisotopic (exact) mass is 924 g/mol. The number of para-hydroxylation sites is 3. The van der Waals surface area contributed by atoms with Gasteiger partial charge in [-0.1, -0.05) is 206 Å². The highest BCUT2D eigenvalue weighted by molar-refractivity contribution is 6.16. The van der Waals surface area contributed by atoms with Crippen LogP contribution in [-0.2, 0) is 6.54 Å². The first-order chi connectivity index (χ1) is 35.6. The van der Waals surface area contributed by atoms with Gasteiger partial charge in [-0.05, 0) is 116 Å². The standard InChI is InChI=1S/C68H52N4/c69-61(49-20-3-1-4-21-49)44-62(50-22-5-2-6-23-50)70-45-46-19-17-25-51(41-46)47-37-39-48(40-38-47)52-26-18-27-54(42-52)71-63-34-14-11-31-58(63)67-59-32-12-15-35-64(59)72(68(67)60-33-13-16-36-65(60)71)66-43-53-24-7-8-28-55(53)56-29-9-10-30-57(56)66/h1-3,5-20,22-44,61,70H,4,21,45,69H2/b62-44-. The quantitative estimate of drug-likeness (QED) is 0.134. The van der Waals surface area contributed by atoms with E-state index in [1.165, 1.54) is 82.8 Å². The molecule has 11 aromatic rings. The van der Waals surface area contributed by atoms with E-state index >= 15 is 0 Å². The van der Waals surface area contributed by atoms with E-state index in [1.54, 1.807) is 0 Å². The van der Waals surface area contributed by atoms with Gasteiger partial charge in [0.25, 0.3) is 0 Å². The summed E-state index contributed by atoms with van der Waals surface area (Å²) in [7, 11) is 0. The molecule has 2 heterocycles. The zero-order valence-corrected chi connectivity index (χ0v) is 39.9. The Morgan fingerprint density at radius 1 is 0.528 bits per heavy atom. The van der Waals surface area contributed by atoms with Crippen molar-refractivity contribution in [2.45, 2.75) is 25.4 Å². The van der Waals surface area contributed by atoms with E-state index in [0.29, 0.717) is 6.54 Å². The minimum atomic E-state index is -0.149. The summed E-state index contributed by atoms with van der Waals surface area (Å²) in [5, 5.41) is 9.93. The van der Waals surface area contributed by atoms with Gasteiger partial charge in [0.15, 0.2) is 0 Å². The highest BCUT2D eigenvalue weighted by Crippen LogP contribution is 2.55. The molecule has 0 fully saturated rings. The smallest absolute Gasteiger partial charge is 0.0641 e. The third-order valence-corrected chi connectivity index (χ3v) is 14.6. The van der Waals surface area contributed by atoms with E-state index < -0.39 is 0 Å². The van der Waals surface area contributed by atoms with Crippen molar-refractivity contribution >= 4 is 55.2 Å². The molecule has 72 heavy (non-hydrogen) atoms. The van der Waals surface area contributed by atoms with Gasteiger partial charge in [0.2, 0.25) is 0 Å². The van der Waals surface area contributed by atoms with Crippen LogP contribution < -0.4 is 16.0 Å². The molecule has 0 amide bonds. The Kier molecular flexibility index (Phi) is 11.0. The summed E-state index contributed by atoms with van der Waals surface area (Å²) in [6, 6.07) is 84.1. The predicted molar refractivity (Wildman–Crippen MR) is 304 cm³/mol. The number of nitrogens with two attached hydrogens (primary N) is 1. The van der Waals surface area contributed by atoms with Gasteiger partial charge in [0.05, 0.1) is 28.3 Å². The molecule has 1 atom stereocenters. The average Bonchev–Trinajstić information content (AvgIpc) is 3.73. The predicted octanol–water partition coefficient (Wildman–Crippen LogP) is 17.1. The maximum atomic E-state index is 6.76. The lowest BCUT2D eigenvalue weighted by Gasteiger charge is -2.28. The topological polar surface area (TPSA) is 46.2 Å². The van der Waals surface area contributed by atoms with Gasteiger partial charge in [0.1, 0.15) is 0 Å². The number of nitrogens with zero attached hydrogens (tertiary/aromatic N) is 2. The van der Waals surface area contributed by atoms with Crippen LogP contribution in [0.15, 0.2) is 260 Å². The Balaban J connectivity index is 0.854. The number of allylic oxidation sites excluding steroid dienone is 3. The molecule has 3 N–H and O–H groups in total. The molecule has 1 aromatic heterocycles. The van der Waals surface area contributed by atoms with E-state index in [9.17, 15) is 0 Å². The fourth-order valence-corrected chi connectivity index (χ4v) is 11.2. The van der Waals surface area contributed by atoms with Crippen molar-refractivity contribution in [1.29, 1.82) is 0 Å². The molecule has 0 saturated carbocycles. The molecule has 2 aliphatic rings. The number of benzene rings is 10. The van der Waals surface area contributed by atoms with Crippen LogP contribution >= 0.6 is 0 Å². The summed E-state index contributed by atoms with van der Waals surface area (Å²) >= 11 is 0. The SMILES string of the molecule is NC(/C=C(\NCc1cccc(-c2ccc(-c3cccc(N4c5ccccc5-c5c(n(-c6cc7ccccc7c7ccccc67)c6ccccc56)-c5ccccc54)c3)cc2)c1)c1ccccc1)C1=CC=CCC1. The Morgan fingerprint density at radius 2 is 1.17 bits per heavy atom. The van der Waals surface area contributed by atoms with E-state index in [-0.39, 0.29) is 6.04 Å². The molecule has 0 bridgehead atoms. The van der Waals surface area contributed by atoms with E-state index in [2.05, 4.69) is 270 Å². The number of hydrogen-bond acceptors (Lipinski definition) is 3. The van der Waals surface area contributed by atoms with Crippen molar-refractivity contribution in [1.82, 2.24) is 9.88 Å². The lowest BCUT2D eigenvalue weighted by atomic mass is 9.96. The van der Waals surface area contributed by atoms with Crippen molar-refractivity contribution < 1.29 is 0 Å². The van der Waals surface area contributed by atoms with Crippen LogP contribution in [0.3, 0.4) is 0 Å². The van der Waals surface area contributed by atoms with Gasteiger partial charge in [-0.3, -0.25) is 0 Å². The van der Waals surface area contributed by atoms with Gasteiger partial charge >= 0.3 is 0 Å². The molecule has 4 heteroatoms. The third-order valence-electron chi connectivity index (χ3n) is 14.6. The summed E-state index contributed by atoms with van der Waals surface area (Å²) < 4.78 is 2.53. The zero-order valence-electron chi connectivity index (χ0n) is 39.9. The molecule has 1 aliphatic heterocycles. The van der Waals surface area contributed by atoms with Crippen molar-refractivity contribution in [3.63, 3.8) is 0 Å².